The number of carbonyl (C=O) groups excluding carboxylic acids is 1. The predicted molar refractivity (Wildman–Crippen MR) is 58.1 cm³/mol. The van der Waals surface area contributed by atoms with Crippen molar-refractivity contribution in [3.05, 3.63) is 18.2 Å². The van der Waals surface area contributed by atoms with Crippen LogP contribution in [0, 0.1) is 5.92 Å². The van der Waals surface area contributed by atoms with Crippen molar-refractivity contribution in [2.45, 2.75) is 13.3 Å². The molecule has 1 amide bonds. The fourth-order valence-electron chi connectivity index (χ4n) is 1.26. The van der Waals surface area contributed by atoms with Crippen LogP contribution in [0.5, 0.6) is 0 Å². The molecule has 0 saturated carbocycles. The Bertz CT molecular complexity index is 321. The van der Waals surface area contributed by atoms with Crippen molar-refractivity contribution < 1.29 is 4.79 Å². The summed E-state index contributed by atoms with van der Waals surface area (Å²) < 4.78 is 1.99. The van der Waals surface area contributed by atoms with Crippen LogP contribution in [-0.2, 0) is 18.3 Å². The average molecular weight is 210 g/mol. The van der Waals surface area contributed by atoms with Crippen LogP contribution in [0.15, 0.2) is 12.4 Å². The smallest absolute Gasteiger partial charge is 0.221 e. The third-order valence-electron chi connectivity index (χ3n) is 2.38. The molecular formula is C10H18N4O. The summed E-state index contributed by atoms with van der Waals surface area (Å²) >= 11 is 0. The molecule has 0 saturated heterocycles. The van der Waals surface area contributed by atoms with Gasteiger partial charge in [-0.1, -0.05) is 6.92 Å². The highest BCUT2D eigenvalue weighted by Gasteiger charge is 2.07. The van der Waals surface area contributed by atoms with Crippen LogP contribution < -0.4 is 11.1 Å². The van der Waals surface area contributed by atoms with E-state index in [2.05, 4.69) is 10.3 Å². The fourth-order valence-corrected chi connectivity index (χ4v) is 1.26. The SMILES string of the molecule is CC(CNCCc1nccn1C)C(N)=O. The zero-order chi connectivity index (χ0) is 11.3. The largest absolute Gasteiger partial charge is 0.369 e. The van der Waals surface area contributed by atoms with Crippen LogP contribution in [0.2, 0.25) is 0 Å². The maximum Gasteiger partial charge on any atom is 0.221 e. The van der Waals surface area contributed by atoms with Crippen molar-refractivity contribution in [3.63, 3.8) is 0 Å². The van der Waals surface area contributed by atoms with Gasteiger partial charge in [0.2, 0.25) is 5.91 Å². The fraction of sp³-hybridized carbons (Fsp3) is 0.600. The first-order valence-electron chi connectivity index (χ1n) is 5.07. The standard InChI is InChI=1S/C10H18N4O/c1-8(10(11)15)7-12-4-3-9-13-5-6-14(9)2/h5-6,8,12H,3-4,7H2,1-2H3,(H2,11,15). The van der Waals surface area contributed by atoms with E-state index in [4.69, 9.17) is 5.73 Å². The first kappa shape index (κ1) is 11.7. The van der Waals surface area contributed by atoms with Gasteiger partial charge in [-0.2, -0.15) is 0 Å². The third kappa shape index (κ3) is 3.71. The molecule has 5 heteroatoms. The van der Waals surface area contributed by atoms with Gasteiger partial charge in [0.05, 0.1) is 0 Å². The summed E-state index contributed by atoms with van der Waals surface area (Å²) in [4.78, 5) is 14.9. The second kappa shape index (κ2) is 5.50. The molecule has 1 aromatic heterocycles. The van der Waals surface area contributed by atoms with E-state index in [0.717, 1.165) is 18.8 Å². The van der Waals surface area contributed by atoms with E-state index >= 15 is 0 Å². The molecule has 1 rings (SSSR count). The summed E-state index contributed by atoms with van der Waals surface area (Å²) in [6.07, 6.45) is 4.55. The maximum atomic E-state index is 10.7. The number of aromatic nitrogens is 2. The molecule has 1 unspecified atom stereocenters. The van der Waals surface area contributed by atoms with Crippen LogP contribution in [0.1, 0.15) is 12.7 Å². The van der Waals surface area contributed by atoms with E-state index in [9.17, 15) is 4.79 Å². The number of nitrogens with one attached hydrogen (secondary N) is 1. The van der Waals surface area contributed by atoms with Gasteiger partial charge in [-0.3, -0.25) is 4.79 Å². The zero-order valence-corrected chi connectivity index (χ0v) is 9.23. The molecule has 5 nitrogen and oxygen atoms in total. The molecule has 84 valence electrons. The number of hydrogen-bond donors (Lipinski definition) is 2. The second-order valence-corrected chi connectivity index (χ2v) is 3.71. The van der Waals surface area contributed by atoms with Gasteiger partial charge in [-0.15, -0.1) is 0 Å². The Morgan fingerprint density at radius 3 is 3.00 bits per heavy atom. The first-order valence-corrected chi connectivity index (χ1v) is 5.07. The molecule has 1 heterocycles. The molecule has 0 spiro atoms. The third-order valence-corrected chi connectivity index (χ3v) is 2.38. The lowest BCUT2D eigenvalue weighted by Gasteiger charge is -2.08. The molecule has 3 N–H and O–H groups in total. The van der Waals surface area contributed by atoms with E-state index in [-0.39, 0.29) is 11.8 Å². The molecule has 1 atom stereocenters. The molecule has 1 aromatic rings. The highest BCUT2D eigenvalue weighted by atomic mass is 16.1. The number of primary amides is 1. The molecule has 15 heavy (non-hydrogen) atoms. The number of rotatable bonds is 6. The second-order valence-electron chi connectivity index (χ2n) is 3.71. The lowest BCUT2D eigenvalue weighted by atomic mass is 10.2. The topological polar surface area (TPSA) is 72.9 Å². The summed E-state index contributed by atoms with van der Waals surface area (Å²) in [5, 5.41) is 3.18. The average Bonchev–Trinajstić information content (AvgIpc) is 2.58. The quantitative estimate of drug-likeness (QED) is 0.632. The Morgan fingerprint density at radius 2 is 2.47 bits per heavy atom. The van der Waals surface area contributed by atoms with Crippen molar-refractivity contribution in [2.24, 2.45) is 18.7 Å². The van der Waals surface area contributed by atoms with Gasteiger partial charge in [0.1, 0.15) is 5.82 Å². The van der Waals surface area contributed by atoms with Gasteiger partial charge >= 0.3 is 0 Å². The normalized spacial score (nSPS) is 12.7. The van der Waals surface area contributed by atoms with Crippen LogP contribution in [0.4, 0.5) is 0 Å². The highest BCUT2D eigenvalue weighted by molar-refractivity contribution is 5.76. The summed E-state index contributed by atoms with van der Waals surface area (Å²) in [7, 11) is 1.97. The molecule has 0 aromatic carbocycles. The number of aryl methyl sites for hydroxylation is 1. The summed E-state index contributed by atoms with van der Waals surface area (Å²) in [5.41, 5.74) is 5.14. The lowest BCUT2D eigenvalue weighted by Crippen LogP contribution is -2.32. The molecule has 0 aliphatic heterocycles. The number of nitrogens with zero attached hydrogens (tertiary/aromatic N) is 2. The Kier molecular flexibility index (Phi) is 4.30. The number of amides is 1. The number of carbonyl (C=O) groups is 1. The summed E-state index contributed by atoms with van der Waals surface area (Å²) in [6, 6.07) is 0. The minimum absolute atomic E-state index is 0.119. The minimum Gasteiger partial charge on any atom is -0.369 e. The lowest BCUT2D eigenvalue weighted by molar-refractivity contribution is -0.121. The molecule has 0 bridgehead atoms. The Hall–Kier alpha value is -1.36. The molecule has 0 radical (unpaired) electrons. The molecule has 0 aliphatic rings. The number of nitrogens with two attached hydrogens (primary N) is 1. The van der Waals surface area contributed by atoms with Crippen molar-refractivity contribution in [3.8, 4) is 0 Å². The van der Waals surface area contributed by atoms with Gasteiger partial charge in [-0.05, 0) is 0 Å². The van der Waals surface area contributed by atoms with Crippen molar-refractivity contribution in [1.29, 1.82) is 0 Å². The van der Waals surface area contributed by atoms with Crippen LogP contribution in [0.3, 0.4) is 0 Å². The Labute approximate surface area is 89.7 Å². The summed E-state index contributed by atoms with van der Waals surface area (Å²) in [5.74, 6) is 0.653. The molecular weight excluding hydrogens is 192 g/mol. The predicted octanol–water partition coefficient (Wildman–Crippen LogP) is -0.326. The Balaban J connectivity index is 2.17. The van der Waals surface area contributed by atoms with Gasteiger partial charge in [-0.25, -0.2) is 4.98 Å². The monoisotopic (exact) mass is 210 g/mol. The van der Waals surface area contributed by atoms with E-state index in [1.54, 1.807) is 6.20 Å². The minimum atomic E-state index is -0.264. The van der Waals surface area contributed by atoms with E-state index in [1.165, 1.54) is 0 Å². The van der Waals surface area contributed by atoms with Gasteiger partial charge in [0, 0.05) is 44.9 Å². The van der Waals surface area contributed by atoms with Crippen LogP contribution in [-0.4, -0.2) is 28.5 Å². The highest BCUT2D eigenvalue weighted by Crippen LogP contribution is 1.95. The van der Waals surface area contributed by atoms with Crippen LogP contribution >= 0.6 is 0 Å². The zero-order valence-electron chi connectivity index (χ0n) is 9.23. The van der Waals surface area contributed by atoms with Gasteiger partial charge in [0.15, 0.2) is 0 Å². The number of imidazole rings is 1. The van der Waals surface area contributed by atoms with Crippen molar-refractivity contribution >= 4 is 5.91 Å². The van der Waals surface area contributed by atoms with E-state index in [1.807, 2.05) is 24.7 Å². The van der Waals surface area contributed by atoms with Crippen LogP contribution in [0.25, 0.3) is 0 Å². The van der Waals surface area contributed by atoms with Gasteiger partial charge in [0.25, 0.3) is 0 Å². The van der Waals surface area contributed by atoms with E-state index < -0.39 is 0 Å². The Morgan fingerprint density at radius 1 is 1.73 bits per heavy atom. The van der Waals surface area contributed by atoms with Crippen molar-refractivity contribution in [2.75, 3.05) is 13.1 Å². The first-order chi connectivity index (χ1) is 7.11. The molecule has 0 aliphatic carbocycles. The maximum absolute atomic E-state index is 10.7. The van der Waals surface area contributed by atoms with E-state index in [0.29, 0.717) is 6.54 Å². The van der Waals surface area contributed by atoms with Gasteiger partial charge < -0.3 is 15.6 Å². The van der Waals surface area contributed by atoms with Crippen molar-refractivity contribution in [1.82, 2.24) is 14.9 Å². The number of hydrogen-bond acceptors (Lipinski definition) is 3. The molecule has 0 fully saturated rings. The summed E-state index contributed by atoms with van der Waals surface area (Å²) in [6.45, 7) is 3.25.